The molecule has 184 valence electrons. The molecule has 0 aromatic heterocycles. The summed E-state index contributed by atoms with van der Waals surface area (Å²) < 4.78 is 16.1. The number of ether oxygens (including phenoxy) is 3. The van der Waals surface area contributed by atoms with E-state index in [-0.39, 0.29) is 24.6 Å². The lowest BCUT2D eigenvalue weighted by Crippen LogP contribution is -2.27. The van der Waals surface area contributed by atoms with Crippen molar-refractivity contribution in [3.63, 3.8) is 0 Å². The van der Waals surface area contributed by atoms with E-state index in [0.717, 1.165) is 0 Å². The van der Waals surface area contributed by atoms with Crippen LogP contribution >= 0.6 is 0 Å². The molecule has 8 nitrogen and oxygen atoms in total. The van der Waals surface area contributed by atoms with E-state index >= 15 is 0 Å². The molecule has 0 saturated carbocycles. The molecule has 0 N–H and O–H groups in total. The fourth-order valence-corrected chi connectivity index (χ4v) is 3.84. The molecule has 1 aliphatic rings. The minimum absolute atomic E-state index is 0.00500. The molecule has 3 aromatic rings. The first-order chi connectivity index (χ1) is 17.5. The van der Waals surface area contributed by atoms with Gasteiger partial charge in [0.25, 0.3) is 0 Å². The number of nitrogens with zero attached hydrogens (tertiary/aromatic N) is 1. The second-order valence-electron chi connectivity index (χ2n) is 8.12. The van der Waals surface area contributed by atoms with Crippen LogP contribution in [0.1, 0.15) is 34.1 Å². The maximum atomic E-state index is 12.6. The molecule has 0 spiro atoms. The molecular formula is C28H25NO7. The Morgan fingerprint density at radius 2 is 1.58 bits per heavy atom. The summed E-state index contributed by atoms with van der Waals surface area (Å²) in [6.07, 6.45) is -0.00500. The molecule has 3 aromatic carbocycles. The van der Waals surface area contributed by atoms with Gasteiger partial charge in [0.05, 0.1) is 23.8 Å². The van der Waals surface area contributed by atoms with E-state index in [1.165, 1.54) is 29.2 Å². The van der Waals surface area contributed by atoms with Gasteiger partial charge in [0.1, 0.15) is 11.5 Å². The fraction of sp³-hybridized carbons (Fsp3) is 0.214. The van der Waals surface area contributed by atoms with Crippen molar-refractivity contribution in [1.82, 2.24) is 0 Å². The summed E-state index contributed by atoms with van der Waals surface area (Å²) >= 11 is 0. The first-order valence-corrected chi connectivity index (χ1v) is 11.6. The van der Waals surface area contributed by atoms with Crippen LogP contribution in [-0.2, 0) is 14.3 Å². The number of anilines is 1. The third kappa shape index (κ3) is 5.78. The number of carbonyl (C=O) groups excluding carboxylic acids is 4. The third-order valence-corrected chi connectivity index (χ3v) is 5.66. The van der Waals surface area contributed by atoms with Gasteiger partial charge in [0.2, 0.25) is 5.91 Å². The quantitative estimate of drug-likeness (QED) is 0.255. The second-order valence-corrected chi connectivity index (χ2v) is 8.12. The van der Waals surface area contributed by atoms with Crippen LogP contribution in [0.4, 0.5) is 5.69 Å². The summed E-state index contributed by atoms with van der Waals surface area (Å²) in [7, 11) is 0. The predicted octanol–water partition coefficient (Wildman–Crippen LogP) is 4.08. The van der Waals surface area contributed by atoms with Gasteiger partial charge < -0.3 is 19.1 Å². The zero-order valence-electron chi connectivity index (χ0n) is 19.7. The highest BCUT2D eigenvalue weighted by molar-refractivity contribution is 6.01. The molecule has 8 heteroatoms. The van der Waals surface area contributed by atoms with Crippen LogP contribution in [0.5, 0.6) is 11.5 Å². The number of hydrogen-bond acceptors (Lipinski definition) is 7. The van der Waals surface area contributed by atoms with E-state index < -0.39 is 30.2 Å². The lowest BCUT2D eigenvalue weighted by Gasteiger charge is -2.19. The number of carbonyl (C=O) groups is 4. The Labute approximate surface area is 208 Å². The van der Waals surface area contributed by atoms with Gasteiger partial charge in [-0.1, -0.05) is 30.3 Å². The van der Waals surface area contributed by atoms with Crippen molar-refractivity contribution in [2.24, 2.45) is 5.92 Å². The summed E-state index contributed by atoms with van der Waals surface area (Å²) in [5, 5.41) is 0. The van der Waals surface area contributed by atoms with Crippen LogP contribution in [0, 0.1) is 5.92 Å². The van der Waals surface area contributed by atoms with Crippen LogP contribution < -0.4 is 14.4 Å². The minimum atomic E-state index is -0.681. The van der Waals surface area contributed by atoms with Crippen LogP contribution in [0.3, 0.4) is 0 Å². The Morgan fingerprint density at radius 3 is 2.31 bits per heavy atom. The zero-order chi connectivity index (χ0) is 25.5. The number of rotatable bonds is 9. The Balaban J connectivity index is 1.30. The Kier molecular flexibility index (Phi) is 7.75. The summed E-state index contributed by atoms with van der Waals surface area (Å²) in [5.74, 6) is -1.57. The molecule has 1 heterocycles. The van der Waals surface area contributed by atoms with E-state index in [9.17, 15) is 19.2 Å². The van der Waals surface area contributed by atoms with Gasteiger partial charge >= 0.3 is 11.9 Å². The van der Waals surface area contributed by atoms with Crippen LogP contribution in [0.2, 0.25) is 0 Å². The molecule has 0 radical (unpaired) electrons. The zero-order valence-corrected chi connectivity index (χ0v) is 19.7. The standard InChI is InChI=1S/C28H25NO7/c1-2-34-25-11-7-6-10-23(25)29-17-21(16-26(29)31)27(32)35-18-24(30)19-12-14-22(15-13-19)36-28(33)20-8-4-3-5-9-20/h3-15,21H,2,16-18H2,1H3/t21-/m1/s1. The Morgan fingerprint density at radius 1 is 0.889 bits per heavy atom. The monoisotopic (exact) mass is 487 g/mol. The van der Waals surface area contributed by atoms with Crippen LogP contribution in [0.15, 0.2) is 78.9 Å². The van der Waals surface area contributed by atoms with Crippen molar-refractivity contribution in [2.45, 2.75) is 13.3 Å². The van der Waals surface area contributed by atoms with Gasteiger partial charge in [-0.05, 0) is 55.5 Å². The van der Waals surface area contributed by atoms with Crippen molar-refractivity contribution < 1.29 is 33.4 Å². The van der Waals surface area contributed by atoms with Gasteiger partial charge in [-0.2, -0.15) is 0 Å². The largest absolute Gasteiger partial charge is 0.492 e. The number of amides is 1. The smallest absolute Gasteiger partial charge is 0.343 e. The topological polar surface area (TPSA) is 99.2 Å². The first kappa shape index (κ1) is 24.7. The minimum Gasteiger partial charge on any atom is -0.492 e. The molecule has 4 rings (SSSR count). The highest BCUT2D eigenvalue weighted by Crippen LogP contribution is 2.33. The van der Waals surface area contributed by atoms with E-state index in [4.69, 9.17) is 14.2 Å². The molecule has 1 atom stereocenters. The predicted molar refractivity (Wildman–Crippen MR) is 131 cm³/mol. The molecule has 0 bridgehead atoms. The van der Waals surface area contributed by atoms with Crippen molar-refractivity contribution in [2.75, 3.05) is 24.7 Å². The molecule has 1 amide bonds. The average molecular weight is 488 g/mol. The summed E-state index contributed by atoms with van der Waals surface area (Å²) in [4.78, 5) is 51.3. The summed E-state index contributed by atoms with van der Waals surface area (Å²) in [5.41, 5.74) is 1.32. The number of ketones is 1. The van der Waals surface area contributed by atoms with Crippen LogP contribution in [-0.4, -0.2) is 43.4 Å². The van der Waals surface area contributed by atoms with Crippen LogP contribution in [0.25, 0.3) is 0 Å². The Bertz CT molecular complexity index is 1250. The Hall–Kier alpha value is -4.46. The summed E-state index contributed by atoms with van der Waals surface area (Å²) in [6, 6.07) is 21.7. The van der Waals surface area contributed by atoms with E-state index in [1.807, 2.05) is 13.0 Å². The molecule has 36 heavy (non-hydrogen) atoms. The number of benzene rings is 3. The first-order valence-electron chi connectivity index (χ1n) is 11.6. The van der Waals surface area contributed by atoms with Gasteiger partial charge in [-0.25, -0.2) is 4.79 Å². The van der Waals surface area contributed by atoms with Crippen molar-refractivity contribution >= 4 is 29.3 Å². The lowest BCUT2D eigenvalue weighted by atomic mass is 10.1. The van der Waals surface area contributed by atoms with Gasteiger partial charge in [0.15, 0.2) is 12.4 Å². The molecule has 0 unspecified atom stereocenters. The molecule has 0 aliphatic carbocycles. The average Bonchev–Trinajstić information content (AvgIpc) is 3.30. The molecule has 1 aliphatic heterocycles. The highest BCUT2D eigenvalue weighted by atomic mass is 16.5. The highest BCUT2D eigenvalue weighted by Gasteiger charge is 2.37. The van der Waals surface area contributed by atoms with Gasteiger partial charge in [-0.3, -0.25) is 14.4 Å². The molecule has 1 fully saturated rings. The molecule has 1 saturated heterocycles. The maximum Gasteiger partial charge on any atom is 0.343 e. The lowest BCUT2D eigenvalue weighted by molar-refractivity contribution is -0.147. The number of hydrogen-bond donors (Lipinski definition) is 0. The van der Waals surface area contributed by atoms with Gasteiger partial charge in [-0.15, -0.1) is 0 Å². The normalized spacial score (nSPS) is 14.9. The van der Waals surface area contributed by atoms with Crippen molar-refractivity contribution in [1.29, 1.82) is 0 Å². The SMILES string of the molecule is CCOc1ccccc1N1C[C@H](C(=O)OCC(=O)c2ccc(OC(=O)c3ccccc3)cc2)CC1=O. The maximum absolute atomic E-state index is 12.6. The van der Waals surface area contributed by atoms with E-state index in [1.54, 1.807) is 48.5 Å². The van der Waals surface area contributed by atoms with E-state index in [2.05, 4.69) is 0 Å². The van der Waals surface area contributed by atoms with Gasteiger partial charge in [0, 0.05) is 18.5 Å². The number of Topliss-reactive ketones (excluding diaryl/α,β-unsaturated/α-hetero) is 1. The third-order valence-electron chi connectivity index (χ3n) is 5.66. The van der Waals surface area contributed by atoms with Crippen molar-refractivity contribution in [3.8, 4) is 11.5 Å². The number of para-hydroxylation sites is 2. The second kappa shape index (κ2) is 11.3. The molecular weight excluding hydrogens is 462 g/mol. The van der Waals surface area contributed by atoms with Crippen molar-refractivity contribution in [3.05, 3.63) is 90.0 Å². The summed E-state index contributed by atoms with van der Waals surface area (Å²) in [6.45, 7) is 1.99. The number of esters is 2. The fourth-order valence-electron chi connectivity index (χ4n) is 3.84. The van der Waals surface area contributed by atoms with E-state index in [0.29, 0.717) is 29.2 Å².